The maximum Gasteiger partial charge on any atom is 0.0587 e. The van der Waals surface area contributed by atoms with E-state index in [9.17, 15) is 0 Å². The van der Waals surface area contributed by atoms with Gasteiger partial charge in [-0.25, -0.2) is 0 Å². The molecule has 3 nitrogen and oxygen atoms in total. The minimum absolute atomic E-state index is 0.486. The van der Waals surface area contributed by atoms with Crippen LogP contribution in [0.2, 0.25) is 0 Å². The summed E-state index contributed by atoms with van der Waals surface area (Å²) in [5, 5.41) is 3.61. The van der Waals surface area contributed by atoms with Crippen LogP contribution in [0.15, 0.2) is 24.3 Å². The second kappa shape index (κ2) is 7.81. The second-order valence-corrected chi connectivity index (χ2v) is 6.28. The summed E-state index contributed by atoms with van der Waals surface area (Å²) in [7, 11) is 0. The van der Waals surface area contributed by atoms with Crippen LogP contribution in [0, 0.1) is 0 Å². The van der Waals surface area contributed by atoms with Gasteiger partial charge in [-0.3, -0.25) is 0 Å². The molecule has 1 atom stereocenters. The number of hydrogen-bond acceptors (Lipinski definition) is 3. The smallest absolute Gasteiger partial charge is 0.0587 e. The third-order valence-corrected chi connectivity index (χ3v) is 4.67. The Morgan fingerprint density at radius 2 is 1.95 bits per heavy atom. The first-order valence-electron chi connectivity index (χ1n) is 8.58. The van der Waals surface area contributed by atoms with Gasteiger partial charge in [0.2, 0.25) is 0 Å². The van der Waals surface area contributed by atoms with Crippen molar-refractivity contribution >= 4 is 5.69 Å². The first-order chi connectivity index (χ1) is 10.4. The summed E-state index contributed by atoms with van der Waals surface area (Å²) in [6, 6.07) is 8.85. The molecule has 21 heavy (non-hydrogen) atoms. The molecule has 0 amide bonds. The zero-order valence-corrected chi connectivity index (χ0v) is 13.0. The molecule has 2 saturated heterocycles. The highest BCUT2D eigenvalue weighted by molar-refractivity contribution is 5.54. The lowest BCUT2D eigenvalue weighted by atomic mass is 10.1. The molecular weight excluding hydrogens is 260 g/mol. The minimum Gasteiger partial charge on any atom is -0.378 e. The molecule has 0 bridgehead atoms. The van der Waals surface area contributed by atoms with Gasteiger partial charge in [0.25, 0.3) is 0 Å². The van der Waals surface area contributed by atoms with Crippen LogP contribution in [0.3, 0.4) is 0 Å². The molecule has 0 aliphatic carbocycles. The van der Waals surface area contributed by atoms with Crippen LogP contribution in [0.5, 0.6) is 0 Å². The molecule has 3 rings (SSSR count). The molecule has 1 aromatic carbocycles. The van der Waals surface area contributed by atoms with Crippen LogP contribution in [0.25, 0.3) is 0 Å². The average Bonchev–Trinajstić information content (AvgIpc) is 3.07. The Labute approximate surface area is 128 Å². The highest BCUT2D eigenvalue weighted by Gasteiger charge is 2.15. The Morgan fingerprint density at radius 1 is 1.10 bits per heavy atom. The summed E-state index contributed by atoms with van der Waals surface area (Å²) < 4.78 is 5.79. The van der Waals surface area contributed by atoms with E-state index in [0.29, 0.717) is 6.10 Å². The van der Waals surface area contributed by atoms with E-state index in [4.69, 9.17) is 4.74 Å². The van der Waals surface area contributed by atoms with E-state index in [1.54, 1.807) is 0 Å². The topological polar surface area (TPSA) is 24.5 Å². The molecule has 0 saturated carbocycles. The standard InChI is InChI=1S/C18H28N2O/c1-2-9-18(20-12-4-5-13-20)16(7-1)15-19-11-10-17-8-3-6-14-21-17/h1-2,7,9,17,19H,3-6,8,10-15H2. The molecule has 0 spiro atoms. The van der Waals surface area contributed by atoms with E-state index in [1.165, 1.54) is 56.4 Å². The Bertz CT molecular complexity index is 423. The lowest BCUT2D eigenvalue weighted by molar-refractivity contribution is 0.0115. The van der Waals surface area contributed by atoms with Gasteiger partial charge < -0.3 is 15.0 Å². The molecule has 1 aromatic rings. The normalized spacial score (nSPS) is 22.7. The number of nitrogens with one attached hydrogen (secondary N) is 1. The third-order valence-electron chi connectivity index (χ3n) is 4.67. The van der Waals surface area contributed by atoms with Crippen molar-refractivity contribution in [3.63, 3.8) is 0 Å². The van der Waals surface area contributed by atoms with E-state index in [-0.39, 0.29) is 0 Å². The quantitative estimate of drug-likeness (QED) is 0.813. The number of ether oxygens (including phenoxy) is 1. The van der Waals surface area contributed by atoms with Crippen LogP contribution in [-0.4, -0.2) is 32.3 Å². The van der Waals surface area contributed by atoms with Crippen molar-refractivity contribution in [3.8, 4) is 0 Å². The Hall–Kier alpha value is -1.06. The summed E-state index contributed by atoms with van der Waals surface area (Å²) in [5.74, 6) is 0. The van der Waals surface area contributed by atoms with Crippen LogP contribution in [-0.2, 0) is 11.3 Å². The molecule has 0 aromatic heterocycles. The lowest BCUT2D eigenvalue weighted by Crippen LogP contribution is -2.26. The number of nitrogens with zero attached hydrogens (tertiary/aromatic N) is 1. The van der Waals surface area contributed by atoms with Crippen molar-refractivity contribution in [2.24, 2.45) is 0 Å². The van der Waals surface area contributed by atoms with Crippen LogP contribution in [0.1, 0.15) is 44.1 Å². The molecule has 1 N–H and O–H groups in total. The van der Waals surface area contributed by atoms with E-state index < -0.39 is 0 Å². The van der Waals surface area contributed by atoms with Crippen molar-refractivity contribution in [2.45, 2.75) is 51.2 Å². The molecule has 2 aliphatic rings. The van der Waals surface area contributed by atoms with Crippen LogP contribution < -0.4 is 10.2 Å². The molecule has 2 aliphatic heterocycles. The highest BCUT2D eigenvalue weighted by atomic mass is 16.5. The molecule has 2 fully saturated rings. The van der Waals surface area contributed by atoms with E-state index in [0.717, 1.165) is 26.1 Å². The van der Waals surface area contributed by atoms with Gasteiger partial charge in [0.1, 0.15) is 0 Å². The van der Waals surface area contributed by atoms with E-state index >= 15 is 0 Å². The van der Waals surface area contributed by atoms with E-state index in [2.05, 4.69) is 34.5 Å². The largest absolute Gasteiger partial charge is 0.378 e. The van der Waals surface area contributed by atoms with E-state index in [1.807, 2.05) is 0 Å². The molecular formula is C18H28N2O. The number of anilines is 1. The van der Waals surface area contributed by atoms with Gasteiger partial charge in [-0.15, -0.1) is 0 Å². The lowest BCUT2D eigenvalue weighted by Gasteiger charge is -2.23. The van der Waals surface area contributed by atoms with Crippen LogP contribution >= 0.6 is 0 Å². The molecule has 2 heterocycles. The fourth-order valence-corrected chi connectivity index (χ4v) is 3.45. The van der Waals surface area contributed by atoms with Crippen molar-refractivity contribution < 1.29 is 4.74 Å². The first kappa shape index (κ1) is 14.9. The molecule has 3 heteroatoms. The fourth-order valence-electron chi connectivity index (χ4n) is 3.45. The summed E-state index contributed by atoms with van der Waals surface area (Å²) in [4.78, 5) is 2.53. The zero-order valence-electron chi connectivity index (χ0n) is 13.0. The van der Waals surface area contributed by atoms with Crippen molar-refractivity contribution in [2.75, 3.05) is 31.1 Å². The SMILES string of the molecule is c1ccc(N2CCCC2)c(CNCCC2CCCCO2)c1. The van der Waals surface area contributed by atoms with Gasteiger partial charge in [-0.1, -0.05) is 18.2 Å². The minimum atomic E-state index is 0.486. The van der Waals surface area contributed by atoms with Gasteiger partial charge in [0.15, 0.2) is 0 Å². The average molecular weight is 288 g/mol. The van der Waals surface area contributed by atoms with Crippen LogP contribution in [0.4, 0.5) is 5.69 Å². The predicted molar refractivity (Wildman–Crippen MR) is 87.8 cm³/mol. The predicted octanol–water partition coefficient (Wildman–Crippen LogP) is 3.34. The summed E-state index contributed by atoms with van der Waals surface area (Å²) >= 11 is 0. The van der Waals surface area contributed by atoms with Gasteiger partial charge in [-0.2, -0.15) is 0 Å². The zero-order chi connectivity index (χ0) is 14.3. The maximum absolute atomic E-state index is 5.79. The number of rotatable bonds is 6. The third kappa shape index (κ3) is 4.21. The first-order valence-corrected chi connectivity index (χ1v) is 8.58. The van der Waals surface area contributed by atoms with Crippen molar-refractivity contribution in [1.82, 2.24) is 5.32 Å². The Balaban J connectivity index is 1.46. The fraction of sp³-hybridized carbons (Fsp3) is 0.667. The van der Waals surface area contributed by atoms with Crippen molar-refractivity contribution in [3.05, 3.63) is 29.8 Å². The summed E-state index contributed by atoms with van der Waals surface area (Å²) in [6.45, 7) is 5.42. The Morgan fingerprint density at radius 3 is 2.76 bits per heavy atom. The van der Waals surface area contributed by atoms with Gasteiger partial charge in [0.05, 0.1) is 6.10 Å². The monoisotopic (exact) mass is 288 g/mol. The number of benzene rings is 1. The van der Waals surface area contributed by atoms with Crippen molar-refractivity contribution in [1.29, 1.82) is 0 Å². The summed E-state index contributed by atoms with van der Waals surface area (Å²) in [5.41, 5.74) is 2.86. The van der Waals surface area contributed by atoms with Gasteiger partial charge in [0, 0.05) is 31.9 Å². The molecule has 1 unspecified atom stereocenters. The van der Waals surface area contributed by atoms with Gasteiger partial charge >= 0.3 is 0 Å². The highest BCUT2D eigenvalue weighted by Crippen LogP contribution is 2.24. The maximum atomic E-state index is 5.79. The molecule has 116 valence electrons. The summed E-state index contributed by atoms with van der Waals surface area (Å²) in [6.07, 6.45) is 8.12. The molecule has 0 radical (unpaired) electrons. The second-order valence-electron chi connectivity index (χ2n) is 6.28. The Kier molecular flexibility index (Phi) is 5.53. The van der Waals surface area contributed by atoms with Gasteiger partial charge in [-0.05, 0) is 56.7 Å². The number of hydrogen-bond donors (Lipinski definition) is 1. The number of para-hydroxylation sites is 1.